The molecule has 2 aromatic heterocycles. The lowest BCUT2D eigenvalue weighted by Crippen LogP contribution is -2.22. The predicted molar refractivity (Wildman–Crippen MR) is 65.2 cm³/mol. The maximum Gasteiger partial charge on any atom is 0.250 e. The van der Waals surface area contributed by atoms with Gasteiger partial charge in [-0.3, -0.25) is 0 Å². The molecule has 0 saturated heterocycles. The van der Waals surface area contributed by atoms with Crippen LogP contribution in [0.25, 0.3) is 0 Å². The van der Waals surface area contributed by atoms with Crippen molar-refractivity contribution in [2.45, 2.75) is 10.8 Å². The molecule has 0 aromatic carbocycles. The number of thiazole rings is 1. The number of aromatic nitrogens is 1. The largest absolute Gasteiger partial charge is 0.250 e. The average Bonchev–Trinajstić information content (AvgIpc) is 2.98. The van der Waals surface area contributed by atoms with E-state index in [2.05, 4.69) is 9.71 Å². The van der Waals surface area contributed by atoms with Crippen LogP contribution in [0, 0.1) is 11.3 Å². The lowest BCUT2D eigenvalue weighted by molar-refractivity contribution is 0.583. The topological polar surface area (TPSA) is 82.8 Å². The Kier molecular flexibility index (Phi) is 3.54. The summed E-state index contributed by atoms with van der Waals surface area (Å²) in [6, 6.07) is 4.82. The summed E-state index contributed by atoms with van der Waals surface area (Å²) in [6.45, 7) is 0.158. The van der Waals surface area contributed by atoms with Gasteiger partial charge in [-0.25, -0.2) is 18.1 Å². The van der Waals surface area contributed by atoms with E-state index < -0.39 is 10.0 Å². The molecule has 1 N–H and O–H groups in total. The number of nitriles is 1. The molecule has 0 aliphatic rings. The molecule has 2 aromatic rings. The molecule has 0 amide bonds. The summed E-state index contributed by atoms with van der Waals surface area (Å²) < 4.78 is 26.2. The molecule has 0 spiro atoms. The second-order valence-electron chi connectivity index (χ2n) is 3.03. The Balaban J connectivity index is 2.11. The minimum Gasteiger partial charge on any atom is -0.248 e. The Labute approximate surface area is 106 Å². The van der Waals surface area contributed by atoms with E-state index in [4.69, 9.17) is 5.26 Å². The lowest BCUT2D eigenvalue weighted by Gasteiger charge is -2.01. The van der Waals surface area contributed by atoms with Gasteiger partial charge < -0.3 is 0 Å². The third kappa shape index (κ3) is 2.89. The van der Waals surface area contributed by atoms with Crippen LogP contribution in [-0.4, -0.2) is 13.4 Å². The predicted octanol–water partition coefficient (Wildman–Crippen LogP) is 1.55. The standard InChI is InChI=1S/C9H7N3O2S3/c10-3-8-1-2-9(16-8)17(13,14)12-4-7-5-15-6-11-7/h1-2,5-6,12H,4H2. The van der Waals surface area contributed by atoms with E-state index in [1.54, 1.807) is 10.9 Å². The van der Waals surface area contributed by atoms with Gasteiger partial charge in [0.15, 0.2) is 0 Å². The molecule has 0 atom stereocenters. The quantitative estimate of drug-likeness (QED) is 0.924. The van der Waals surface area contributed by atoms with Crippen LogP contribution in [0.15, 0.2) is 27.2 Å². The summed E-state index contributed by atoms with van der Waals surface area (Å²) in [4.78, 5) is 4.35. The summed E-state index contributed by atoms with van der Waals surface area (Å²) in [5, 5.41) is 10.4. The zero-order chi connectivity index (χ0) is 12.3. The van der Waals surface area contributed by atoms with E-state index in [0.717, 1.165) is 11.3 Å². The Bertz CT molecular complexity index is 637. The molecule has 0 fully saturated rings. The van der Waals surface area contributed by atoms with Crippen LogP contribution >= 0.6 is 22.7 Å². The van der Waals surface area contributed by atoms with Gasteiger partial charge in [-0.1, -0.05) is 0 Å². The highest BCUT2D eigenvalue weighted by Gasteiger charge is 2.16. The van der Waals surface area contributed by atoms with Crippen LogP contribution in [0.2, 0.25) is 0 Å². The van der Waals surface area contributed by atoms with Crippen molar-refractivity contribution in [2.24, 2.45) is 0 Å². The van der Waals surface area contributed by atoms with Crippen molar-refractivity contribution < 1.29 is 8.42 Å². The molecule has 0 bridgehead atoms. The van der Waals surface area contributed by atoms with Crippen molar-refractivity contribution in [2.75, 3.05) is 0 Å². The molecule has 0 saturated carbocycles. The van der Waals surface area contributed by atoms with Crippen molar-refractivity contribution >= 4 is 32.7 Å². The highest BCUT2D eigenvalue weighted by Crippen LogP contribution is 2.20. The molecule has 8 heteroatoms. The molecule has 0 aliphatic carbocycles. The van der Waals surface area contributed by atoms with Crippen molar-refractivity contribution in [1.29, 1.82) is 5.26 Å². The van der Waals surface area contributed by atoms with E-state index in [0.29, 0.717) is 10.6 Å². The number of hydrogen-bond acceptors (Lipinski definition) is 6. The second kappa shape index (κ2) is 4.93. The normalized spacial score (nSPS) is 11.2. The summed E-state index contributed by atoms with van der Waals surface area (Å²) in [6.07, 6.45) is 0. The van der Waals surface area contributed by atoms with Gasteiger partial charge in [-0.15, -0.1) is 22.7 Å². The Hall–Kier alpha value is -1.27. The fourth-order valence-corrected chi connectivity index (χ4v) is 3.79. The molecule has 5 nitrogen and oxygen atoms in total. The maximum absolute atomic E-state index is 11.8. The summed E-state index contributed by atoms with van der Waals surface area (Å²) in [5.41, 5.74) is 2.32. The number of nitrogens with zero attached hydrogens (tertiary/aromatic N) is 2. The van der Waals surface area contributed by atoms with Crippen LogP contribution in [0.3, 0.4) is 0 Å². The third-order valence-electron chi connectivity index (χ3n) is 1.88. The smallest absolute Gasteiger partial charge is 0.248 e. The molecular weight excluding hydrogens is 278 g/mol. The summed E-state index contributed by atoms with van der Waals surface area (Å²) >= 11 is 2.35. The molecule has 2 rings (SSSR count). The molecule has 0 unspecified atom stereocenters. The van der Waals surface area contributed by atoms with Crippen molar-refractivity contribution in [3.05, 3.63) is 33.6 Å². The van der Waals surface area contributed by atoms with Crippen molar-refractivity contribution in [1.82, 2.24) is 9.71 Å². The molecular formula is C9H7N3O2S3. The van der Waals surface area contributed by atoms with Crippen LogP contribution in [0.1, 0.15) is 10.6 Å². The van der Waals surface area contributed by atoms with E-state index in [1.807, 2.05) is 6.07 Å². The van der Waals surface area contributed by atoms with Crippen LogP contribution in [0.4, 0.5) is 0 Å². The first-order valence-electron chi connectivity index (χ1n) is 4.48. The third-order valence-corrected chi connectivity index (χ3v) is 5.40. The molecule has 0 radical (unpaired) electrons. The van der Waals surface area contributed by atoms with Crippen LogP contribution in [0.5, 0.6) is 0 Å². The number of nitrogens with one attached hydrogen (secondary N) is 1. The fraction of sp³-hybridized carbons (Fsp3) is 0.111. The fourth-order valence-electron chi connectivity index (χ4n) is 1.09. The van der Waals surface area contributed by atoms with Crippen LogP contribution in [-0.2, 0) is 16.6 Å². The van der Waals surface area contributed by atoms with Crippen molar-refractivity contribution in [3.8, 4) is 6.07 Å². The first-order valence-corrected chi connectivity index (χ1v) is 7.73. The summed E-state index contributed by atoms with van der Waals surface area (Å²) in [5.74, 6) is 0. The highest BCUT2D eigenvalue weighted by atomic mass is 32.2. The van der Waals surface area contributed by atoms with E-state index in [-0.39, 0.29) is 10.8 Å². The van der Waals surface area contributed by atoms with Gasteiger partial charge in [0, 0.05) is 5.38 Å². The first-order chi connectivity index (χ1) is 8.12. The molecule has 88 valence electrons. The zero-order valence-corrected chi connectivity index (χ0v) is 10.9. The number of thiophene rings is 1. The first kappa shape index (κ1) is 12.2. The second-order valence-corrected chi connectivity index (χ2v) is 6.83. The minimum atomic E-state index is -3.54. The highest BCUT2D eigenvalue weighted by molar-refractivity contribution is 7.91. The van der Waals surface area contributed by atoms with Gasteiger partial charge in [-0.2, -0.15) is 5.26 Å². The molecule has 0 aliphatic heterocycles. The molecule has 17 heavy (non-hydrogen) atoms. The van der Waals surface area contributed by atoms with E-state index >= 15 is 0 Å². The van der Waals surface area contributed by atoms with Gasteiger partial charge in [0.1, 0.15) is 15.2 Å². The number of rotatable bonds is 4. The minimum absolute atomic E-state index is 0.143. The Morgan fingerprint density at radius 3 is 2.88 bits per heavy atom. The van der Waals surface area contributed by atoms with Gasteiger partial charge >= 0.3 is 0 Å². The number of hydrogen-bond donors (Lipinski definition) is 1. The van der Waals surface area contributed by atoms with Gasteiger partial charge in [0.2, 0.25) is 10.0 Å². The average molecular weight is 285 g/mol. The summed E-state index contributed by atoms with van der Waals surface area (Å²) in [7, 11) is -3.54. The van der Waals surface area contributed by atoms with E-state index in [1.165, 1.54) is 23.5 Å². The Morgan fingerprint density at radius 2 is 2.29 bits per heavy atom. The van der Waals surface area contributed by atoms with Gasteiger partial charge in [-0.05, 0) is 12.1 Å². The molecule has 2 heterocycles. The van der Waals surface area contributed by atoms with E-state index in [9.17, 15) is 8.42 Å². The maximum atomic E-state index is 11.8. The van der Waals surface area contributed by atoms with Gasteiger partial charge in [0.25, 0.3) is 0 Å². The lowest BCUT2D eigenvalue weighted by atomic mass is 10.5. The van der Waals surface area contributed by atoms with Crippen LogP contribution < -0.4 is 4.72 Å². The van der Waals surface area contributed by atoms with Gasteiger partial charge in [0.05, 0.1) is 17.7 Å². The Morgan fingerprint density at radius 1 is 1.47 bits per heavy atom. The SMILES string of the molecule is N#Cc1ccc(S(=O)(=O)NCc2cscn2)s1. The monoisotopic (exact) mass is 285 g/mol. The van der Waals surface area contributed by atoms with Crippen molar-refractivity contribution in [3.63, 3.8) is 0 Å². The zero-order valence-electron chi connectivity index (χ0n) is 8.45. The number of sulfonamides is 1.